The summed E-state index contributed by atoms with van der Waals surface area (Å²) < 4.78 is 15.2. The highest BCUT2D eigenvalue weighted by Crippen LogP contribution is 2.35. The Hall–Kier alpha value is -6.63. The number of H-pyrrole nitrogens is 2. The fourth-order valence-corrected chi connectivity index (χ4v) is 7.44. The number of benzene rings is 4. The molecule has 1 fully saturated rings. The lowest BCUT2D eigenvalue weighted by atomic mass is 10.0. The van der Waals surface area contributed by atoms with E-state index in [9.17, 15) is 19.5 Å². The second-order valence-electron chi connectivity index (χ2n) is 14.0. The van der Waals surface area contributed by atoms with E-state index in [-0.39, 0.29) is 22.9 Å². The Morgan fingerprint density at radius 2 is 1.55 bits per heavy atom. The lowest BCUT2D eigenvalue weighted by Crippen LogP contribution is -2.50. The van der Waals surface area contributed by atoms with Gasteiger partial charge in [0, 0.05) is 60.9 Å². The molecule has 12 nitrogen and oxygen atoms in total. The van der Waals surface area contributed by atoms with Crippen molar-refractivity contribution in [1.82, 2.24) is 25.0 Å². The van der Waals surface area contributed by atoms with Crippen molar-refractivity contribution in [3.8, 4) is 5.88 Å². The summed E-state index contributed by atoms with van der Waals surface area (Å²) in [7, 11) is 0. The van der Waals surface area contributed by atoms with E-state index in [1.807, 2.05) is 60.7 Å². The summed E-state index contributed by atoms with van der Waals surface area (Å²) >= 11 is 0. The first-order valence-electron chi connectivity index (χ1n) is 18.9. The SMILES string of the molecule is O=C(CCCCCCO/N=C1/C(c2c(O)[nH]c3ccccc23)=Nc2ccccc21)N1CCN(C(=O)c2ccc(Cc3n[nH]c(=O)c4ccccc34)cc2F)CC1. The van der Waals surface area contributed by atoms with Gasteiger partial charge in [0.2, 0.25) is 5.91 Å². The van der Waals surface area contributed by atoms with E-state index in [2.05, 4.69) is 20.3 Å². The van der Waals surface area contributed by atoms with Crippen LogP contribution in [0.15, 0.2) is 106 Å². The number of hydrogen-bond acceptors (Lipinski definition) is 8. The molecule has 8 rings (SSSR count). The van der Waals surface area contributed by atoms with Crippen molar-refractivity contribution in [2.75, 3.05) is 32.8 Å². The van der Waals surface area contributed by atoms with Crippen molar-refractivity contribution in [3.63, 3.8) is 0 Å². The van der Waals surface area contributed by atoms with Crippen molar-refractivity contribution < 1.29 is 23.9 Å². The molecule has 0 saturated carbocycles. The van der Waals surface area contributed by atoms with Crippen LogP contribution in [0.5, 0.6) is 5.88 Å². The lowest BCUT2D eigenvalue weighted by molar-refractivity contribution is -0.132. The third-order valence-corrected chi connectivity index (χ3v) is 10.4. The Morgan fingerprint density at radius 1 is 0.839 bits per heavy atom. The van der Waals surface area contributed by atoms with Crippen LogP contribution in [0.25, 0.3) is 21.7 Å². The number of carbonyl (C=O) groups is 2. The first-order valence-corrected chi connectivity index (χ1v) is 18.9. The van der Waals surface area contributed by atoms with Gasteiger partial charge in [0.05, 0.1) is 27.9 Å². The number of aromatic nitrogens is 3. The van der Waals surface area contributed by atoms with Crippen molar-refractivity contribution in [1.29, 1.82) is 0 Å². The molecule has 284 valence electrons. The van der Waals surface area contributed by atoms with Crippen molar-refractivity contribution in [3.05, 3.63) is 135 Å². The van der Waals surface area contributed by atoms with Crippen LogP contribution in [0.1, 0.15) is 64.8 Å². The van der Waals surface area contributed by atoms with Crippen LogP contribution in [0, 0.1) is 5.82 Å². The number of unbranched alkanes of at least 4 members (excludes halogenated alkanes) is 3. The number of hydrogen-bond donors (Lipinski definition) is 3. The van der Waals surface area contributed by atoms with E-state index in [1.165, 1.54) is 12.1 Å². The third kappa shape index (κ3) is 7.39. The van der Waals surface area contributed by atoms with Crippen LogP contribution in [0.4, 0.5) is 10.1 Å². The van der Waals surface area contributed by atoms with Gasteiger partial charge < -0.3 is 24.7 Å². The number of aromatic hydroxyl groups is 1. The topological polar surface area (TPSA) is 156 Å². The molecule has 3 N–H and O–H groups in total. The fourth-order valence-electron chi connectivity index (χ4n) is 7.44. The highest BCUT2D eigenvalue weighted by Gasteiger charge is 2.29. The summed E-state index contributed by atoms with van der Waals surface area (Å²) in [5.41, 5.74) is 5.06. The normalized spacial score (nSPS) is 14.7. The lowest BCUT2D eigenvalue weighted by Gasteiger charge is -2.35. The van der Waals surface area contributed by atoms with Crippen LogP contribution < -0.4 is 5.56 Å². The second-order valence-corrected chi connectivity index (χ2v) is 14.0. The number of fused-ring (bicyclic) bond motifs is 3. The molecule has 0 spiro atoms. The molecule has 0 aliphatic carbocycles. The zero-order valence-corrected chi connectivity index (χ0v) is 30.6. The van der Waals surface area contributed by atoms with Gasteiger partial charge >= 0.3 is 0 Å². The van der Waals surface area contributed by atoms with Gasteiger partial charge in [0.15, 0.2) is 5.88 Å². The molecular formula is C43H40FN7O5. The number of piperazine rings is 1. The van der Waals surface area contributed by atoms with Gasteiger partial charge in [-0.2, -0.15) is 5.10 Å². The number of aromatic amines is 2. The van der Waals surface area contributed by atoms with E-state index < -0.39 is 11.7 Å². The molecule has 0 atom stereocenters. The van der Waals surface area contributed by atoms with Crippen LogP contribution >= 0.6 is 0 Å². The van der Waals surface area contributed by atoms with Crippen LogP contribution in [-0.4, -0.2) is 86.1 Å². The molecule has 4 aromatic carbocycles. The molecule has 56 heavy (non-hydrogen) atoms. The number of para-hydroxylation sites is 2. The molecule has 6 aromatic rings. The Bertz CT molecular complexity index is 2570. The molecule has 2 aliphatic rings. The van der Waals surface area contributed by atoms with E-state index in [0.717, 1.165) is 47.8 Å². The van der Waals surface area contributed by atoms with Gasteiger partial charge in [-0.25, -0.2) is 14.5 Å². The fraction of sp³-hybridized carbons (Fsp3) is 0.256. The van der Waals surface area contributed by atoms with Crippen LogP contribution in [-0.2, 0) is 16.1 Å². The van der Waals surface area contributed by atoms with Gasteiger partial charge in [-0.15, -0.1) is 0 Å². The minimum atomic E-state index is -0.620. The zero-order chi connectivity index (χ0) is 38.6. The Morgan fingerprint density at radius 3 is 2.38 bits per heavy atom. The standard InChI is InChI=1S/C43H40FN7O5/c44-33-25-27(26-36-28-11-4-5-12-29(28)41(53)48-47-36)18-19-30(33)43(55)51-22-20-50(21-23-51)37(52)17-3-1-2-10-24-56-49-39-32-14-7-9-16-35(32)45-40(39)38-31-13-6-8-15-34(31)46-42(38)54/h4-9,11-16,18-19,25,46,54H,1-3,10,17,20-24,26H2,(H,48,53)/b49-39+. The molecule has 0 radical (unpaired) electrons. The monoisotopic (exact) mass is 753 g/mol. The maximum Gasteiger partial charge on any atom is 0.272 e. The molecule has 0 unspecified atom stereocenters. The van der Waals surface area contributed by atoms with E-state index >= 15 is 4.39 Å². The van der Waals surface area contributed by atoms with Crippen molar-refractivity contribution in [2.24, 2.45) is 10.1 Å². The average Bonchev–Trinajstić information content (AvgIpc) is 3.75. The summed E-state index contributed by atoms with van der Waals surface area (Å²) in [6.45, 7) is 1.85. The molecule has 2 amide bonds. The van der Waals surface area contributed by atoms with E-state index in [1.54, 1.807) is 28.0 Å². The first kappa shape index (κ1) is 36.4. The molecule has 2 aromatic heterocycles. The maximum absolute atomic E-state index is 15.2. The van der Waals surface area contributed by atoms with E-state index in [4.69, 9.17) is 9.83 Å². The van der Waals surface area contributed by atoms with Crippen molar-refractivity contribution in [2.45, 2.75) is 38.5 Å². The minimum Gasteiger partial charge on any atom is -0.494 e. The smallest absolute Gasteiger partial charge is 0.272 e. The number of nitrogens with zero attached hydrogens (tertiary/aromatic N) is 5. The summed E-state index contributed by atoms with van der Waals surface area (Å²) in [5, 5.41) is 24.0. The predicted octanol–water partition coefficient (Wildman–Crippen LogP) is 6.63. The van der Waals surface area contributed by atoms with Gasteiger partial charge in [0.25, 0.3) is 11.5 Å². The minimum absolute atomic E-state index is 0.0154. The largest absolute Gasteiger partial charge is 0.494 e. The molecule has 0 bridgehead atoms. The van der Waals surface area contributed by atoms with Crippen LogP contribution in [0.3, 0.4) is 0 Å². The third-order valence-electron chi connectivity index (χ3n) is 10.4. The highest BCUT2D eigenvalue weighted by molar-refractivity contribution is 6.58. The van der Waals surface area contributed by atoms with E-state index in [0.29, 0.717) is 84.6 Å². The molecular weight excluding hydrogens is 714 g/mol. The average molecular weight is 754 g/mol. The summed E-state index contributed by atoms with van der Waals surface area (Å²) in [4.78, 5) is 55.3. The molecule has 2 aliphatic heterocycles. The Labute approximate surface area is 321 Å². The number of oxime groups is 1. The maximum atomic E-state index is 15.2. The van der Waals surface area contributed by atoms with Gasteiger partial charge in [-0.3, -0.25) is 14.4 Å². The van der Waals surface area contributed by atoms with Crippen molar-refractivity contribution >= 4 is 50.6 Å². The second kappa shape index (κ2) is 16.0. The number of halogens is 1. The molecule has 13 heteroatoms. The summed E-state index contributed by atoms with van der Waals surface area (Å²) in [5.74, 6) is -0.949. The van der Waals surface area contributed by atoms with Gasteiger partial charge in [0.1, 0.15) is 23.8 Å². The predicted molar refractivity (Wildman–Crippen MR) is 212 cm³/mol. The van der Waals surface area contributed by atoms with Crippen LogP contribution in [0.2, 0.25) is 0 Å². The van der Waals surface area contributed by atoms with Gasteiger partial charge in [-0.05, 0) is 55.2 Å². The molecule has 1 saturated heterocycles. The number of nitrogens with one attached hydrogen (secondary N) is 2. The number of carbonyl (C=O) groups excluding carboxylic acids is 2. The highest BCUT2D eigenvalue weighted by atomic mass is 19.1. The van der Waals surface area contributed by atoms with Gasteiger partial charge in [-0.1, -0.05) is 72.2 Å². The molecule has 4 heterocycles. The summed E-state index contributed by atoms with van der Waals surface area (Å²) in [6.07, 6.45) is 3.92. The number of amides is 2. The quantitative estimate of drug-likeness (QED) is 0.0941. The number of aliphatic imine (C=N–C) groups is 1. The number of rotatable bonds is 12. The first-order chi connectivity index (χ1) is 27.4. The zero-order valence-electron chi connectivity index (χ0n) is 30.6. The Balaban J connectivity index is 0.771. The summed E-state index contributed by atoms with van der Waals surface area (Å²) in [6, 6.07) is 27.0. The Kier molecular flexibility index (Phi) is 10.4.